The maximum Gasteiger partial charge on any atom is 0.282 e. The van der Waals surface area contributed by atoms with Crippen molar-refractivity contribution in [2.75, 3.05) is 7.11 Å². The summed E-state index contributed by atoms with van der Waals surface area (Å²) in [6.45, 7) is 4.18. The number of hydrogen-bond donors (Lipinski definition) is 0. The molecule has 0 aliphatic carbocycles. The molecule has 0 unspecified atom stereocenters. The van der Waals surface area contributed by atoms with Gasteiger partial charge >= 0.3 is 0 Å². The Kier molecular flexibility index (Phi) is 6.37. The van der Waals surface area contributed by atoms with Crippen LogP contribution in [0, 0.1) is 13.8 Å². The normalized spacial score (nSPS) is 11.2. The Bertz CT molecular complexity index is 1360. The highest BCUT2D eigenvalue weighted by molar-refractivity contribution is 9.10. The molecule has 3 aromatic carbocycles. The van der Waals surface area contributed by atoms with E-state index in [4.69, 9.17) is 9.47 Å². The van der Waals surface area contributed by atoms with Crippen molar-refractivity contribution in [1.82, 2.24) is 9.66 Å². The number of halogens is 1. The lowest BCUT2D eigenvalue weighted by molar-refractivity contribution is 0.284. The first kappa shape index (κ1) is 21.8. The van der Waals surface area contributed by atoms with Crippen LogP contribution in [0.3, 0.4) is 0 Å². The molecule has 0 spiro atoms. The Morgan fingerprint density at radius 1 is 1.09 bits per heavy atom. The van der Waals surface area contributed by atoms with Gasteiger partial charge in [-0.05, 0) is 49.7 Å². The van der Waals surface area contributed by atoms with E-state index in [0.717, 1.165) is 10.0 Å². The second-order valence-electron chi connectivity index (χ2n) is 7.33. The van der Waals surface area contributed by atoms with E-state index in [1.165, 1.54) is 10.2 Å². The molecule has 0 bridgehead atoms. The van der Waals surface area contributed by atoms with E-state index < -0.39 is 0 Å². The van der Waals surface area contributed by atoms with Crippen LogP contribution in [-0.2, 0) is 6.61 Å². The molecule has 0 saturated carbocycles. The zero-order chi connectivity index (χ0) is 22.7. The molecule has 7 heteroatoms. The molecule has 4 aromatic rings. The Morgan fingerprint density at radius 3 is 2.62 bits per heavy atom. The van der Waals surface area contributed by atoms with E-state index in [1.54, 1.807) is 32.4 Å². The summed E-state index contributed by atoms with van der Waals surface area (Å²) < 4.78 is 13.7. The summed E-state index contributed by atoms with van der Waals surface area (Å²) in [6.07, 6.45) is 1.59. The average Bonchev–Trinajstić information content (AvgIpc) is 2.79. The van der Waals surface area contributed by atoms with Crippen molar-refractivity contribution in [2.24, 2.45) is 5.10 Å². The Labute approximate surface area is 194 Å². The monoisotopic (exact) mass is 491 g/mol. The zero-order valence-corrected chi connectivity index (χ0v) is 19.6. The maximum absolute atomic E-state index is 13.0. The number of fused-ring (bicyclic) bond motifs is 1. The van der Waals surface area contributed by atoms with Crippen molar-refractivity contribution in [3.05, 3.63) is 98.0 Å². The third kappa shape index (κ3) is 4.57. The Morgan fingerprint density at radius 2 is 1.88 bits per heavy atom. The van der Waals surface area contributed by atoms with Gasteiger partial charge < -0.3 is 9.47 Å². The van der Waals surface area contributed by atoms with Crippen LogP contribution in [-0.4, -0.2) is 23.0 Å². The van der Waals surface area contributed by atoms with Crippen molar-refractivity contribution in [2.45, 2.75) is 20.5 Å². The van der Waals surface area contributed by atoms with E-state index in [-0.39, 0.29) is 5.56 Å². The van der Waals surface area contributed by atoms with E-state index in [1.807, 2.05) is 55.5 Å². The summed E-state index contributed by atoms with van der Waals surface area (Å²) in [5.41, 5.74) is 3.31. The van der Waals surface area contributed by atoms with Crippen molar-refractivity contribution in [1.29, 1.82) is 0 Å². The fourth-order valence-electron chi connectivity index (χ4n) is 3.31. The predicted molar refractivity (Wildman–Crippen MR) is 130 cm³/mol. The molecule has 4 rings (SSSR count). The van der Waals surface area contributed by atoms with Crippen LogP contribution in [0.2, 0.25) is 0 Å². The molecular formula is C25H22BrN3O3. The first-order valence-electron chi connectivity index (χ1n) is 10.0. The Balaban J connectivity index is 1.70. The summed E-state index contributed by atoms with van der Waals surface area (Å²) in [4.78, 5) is 17.5. The third-order valence-electron chi connectivity index (χ3n) is 5.02. The van der Waals surface area contributed by atoms with Gasteiger partial charge in [-0.2, -0.15) is 9.78 Å². The summed E-state index contributed by atoms with van der Waals surface area (Å²) in [6, 6.07) is 19.1. The molecule has 32 heavy (non-hydrogen) atoms. The number of rotatable bonds is 6. The van der Waals surface area contributed by atoms with Gasteiger partial charge in [0.2, 0.25) is 0 Å². The molecule has 1 aromatic heterocycles. The van der Waals surface area contributed by atoms with Gasteiger partial charge in [0.05, 0.1) is 24.2 Å². The van der Waals surface area contributed by atoms with Crippen LogP contribution in [0.1, 0.15) is 22.5 Å². The molecule has 0 fully saturated rings. The number of aromatic nitrogens is 2. The topological polar surface area (TPSA) is 65.7 Å². The number of para-hydroxylation sites is 1. The minimum Gasteiger partial charge on any atom is -0.493 e. The van der Waals surface area contributed by atoms with E-state index in [0.29, 0.717) is 40.4 Å². The highest BCUT2D eigenvalue weighted by Crippen LogP contribution is 2.31. The zero-order valence-electron chi connectivity index (χ0n) is 18.0. The predicted octanol–water partition coefficient (Wildman–Crippen LogP) is 5.25. The number of methoxy groups -OCH3 is 1. The summed E-state index contributed by atoms with van der Waals surface area (Å²) in [5.74, 6) is 1.64. The molecule has 0 aliphatic rings. The van der Waals surface area contributed by atoms with Crippen LogP contribution in [0.25, 0.3) is 10.9 Å². The van der Waals surface area contributed by atoms with Gasteiger partial charge in [0, 0.05) is 10.0 Å². The molecule has 1 heterocycles. The summed E-state index contributed by atoms with van der Waals surface area (Å²) >= 11 is 3.41. The van der Waals surface area contributed by atoms with Gasteiger partial charge in [-0.1, -0.05) is 51.8 Å². The molecule has 0 atom stereocenters. The fourth-order valence-corrected chi connectivity index (χ4v) is 3.67. The second kappa shape index (κ2) is 9.36. The summed E-state index contributed by atoms with van der Waals surface area (Å²) in [5, 5.41) is 4.91. The second-order valence-corrected chi connectivity index (χ2v) is 8.25. The van der Waals surface area contributed by atoms with Crippen LogP contribution in [0.4, 0.5) is 0 Å². The fraction of sp³-hybridized carbons (Fsp3) is 0.160. The van der Waals surface area contributed by atoms with Crippen molar-refractivity contribution in [3.8, 4) is 11.5 Å². The lowest BCUT2D eigenvalue weighted by Crippen LogP contribution is -2.20. The molecular weight excluding hydrogens is 470 g/mol. The largest absolute Gasteiger partial charge is 0.493 e. The quantitative estimate of drug-likeness (QED) is 0.345. The number of hydrogen-bond acceptors (Lipinski definition) is 5. The van der Waals surface area contributed by atoms with Crippen molar-refractivity contribution < 1.29 is 9.47 Å². The first-order chi connectivity index (χ1) is 15.5. The van der Waals surface area contributed by atoms with Gasteiger partial charge in [0.25, 0.3) is 5.56 Å². The SMILES string of the molecule is COc1cccc(C=Nn2c(C)nc3ccc(Br)cc3c2=O)c1OCc1ccc(C)cc1. The highest BCUT2D eigenvalue weighted by atomic mass is 79.9. The molecule has 0 radical (unpaired) electrons. The van der Waals surface area contributed by atoms with Crippen molar-refractivity contribution >= 4 is 33.0 Å². The minimum absolute atomic E-state index is 0.241. The van der Waals surface area contributed by atoms with Gasteiger partial charge in [-0.3, -0.25) is 4.79 Å². The lowest BCUT2D eigenvalue weighted by atomic mass is 10.1. The van der Waals surface area contributed by atoms with E-state index in [2.05, 4.69) is 26.0 Å². The number of benzene rings is 3. The van der Waals surface area contributed by atoms with Gasteiger partial charge in [0.1, 0.15) is 12.4 Å². The van der Waals surface area contributed by atoms with Crippen LogP contribution in [0.5, 0.6) is 11.5 Å². The first-order valence-corrected chi connectivity index (χ1v) is 10.8. The third-order valence-corrected chi connectivity index (χ3v) is 5.51. The van der Waals surface area contributed by atoms with Crippen LogP contribution in [0.15, 0.2) is 75.0 Å². The highest BCUT2D eigenvalue weighted by Gasteiger charge is 2.11. The molecule has 0 N–H and O–H groups in total. The number of ether oxygens (including phenoxy) is 2. The minimum atomic E-state index is -0.241. The Hall–Kier alpha value is -3.45. The smallest absolute Gasteiger partial charge is 0.282 e. The maximum atomic E-state index is 13.0. The summed E-state index contributed by atoms with van der Waals surface area (Å²) in [7, 11) is 1.59. The van der Waals surface area contributed by atoms with E-state index in [9.17, 15) is 4.79 Å². The van der Waals surface area contributed by atoms with Crippen LogP contribution < -0.4 is 15.0 Å². The van der Waals surface area contributed by atoms with Gasteiger partial charge in [-0.15, -0.1) is 0 Å². The molecule has 0 aliphatic heterocycles. The lowest BCUT2D eigenvalue weighted by Gasteiger charge is -2.13. The van der Waals surface area contributed by atoms with Gasteiger partial charge in [-0.25, -0.2) is 4.98 Å². The van der Waals surface area contributed by atoms with E-state index >= 15 is 0 Å². The van der Waals surface area contributed by atoms with Crippen LogP contribution >= 0.6 is 15.9 Å². The van der Waals surface area contributed by atoms with Crippen molar-refractivity contribution in [3.63, 3.8) is 0 Å². The molecule has 6 nitrogen and oxygen atoms in total. The molecule has 162 valence electrons. The molecule has 0 saturated heterocycles. The standard InChI is InChI=1S/C25H22BrN3O3/c1-16-7-9-18(10-8-16)15-32-24-19(5-4-6-23(24)31-3)14-27-29-17(2)28-22-12-11-20(26)13-21(22)25(29)30/h4-14H,15H2,1-3H3. The number of nitrogens with zero attached hydrogens (tertiary/aromatic N) is 3. The number of aryl methyl sites for hydroxylation is 2. The van der Waals surface area contributed by atoms with Gasteiger partial charge in [0.15, 0.2) is 11.5 Å². The molecule has 0 amide bonds. The average molecular weight is 492 g/mol.